The Labute approximate surface area is 182 Å². The lowest BCUT2D eigenvalue weighted by Crippen LogP contribution is -2.43. The average Bonchev–Trinajstić information content (AvgIpc) is 3.16. The predicted molar refractivity (Wildman–Crippen MR) is 111 cm³/mol. The number of nitrogens with zero attached hydrogens (tertiary/aromatic N) is 3. The van der Waals surface area contributed by atoms with Crippen molar-refractivity contribution in [1.29, 1.82) is 0 Å². The van der Waals surface area contributed by atoms with Crippen molar-refractivity contribution >= 4 is 23.4 Å². The zero-order valence-corrected chi connectivity index (χ0v) is 17.0. The van der Waals surface area contributed by atoms with E-state index in [1.807, 2.05) is 0 Å². The van der Waals surface area contributed by atoms with Gasteiger partial charge in [0.05, 0.1) is 11.6 Å². The van der Waals surface area contributed by atoms with Gasteiger partial charge in [-0.1, -0.05) is 23.7 Å². The predicted octanol–water partition coefficient (Wildman–Crippen LogP) is 3.33. The number of rotatable bonds is 5. The third-order valence-electron chi connectivity index (χ3n) is 5.37. The quantitative estimate of drug-likeness (QED) is 0.632. The number of nitrogens with two attached hydrogens (primary N) is 1. The van der Waals surface area contributed by atoms with Gasteiger partial charge in [-0.15, -0.1) is 0 Å². The number of hydrogen-bond donors (Lipinski definition) is 2. The lowest BCUT2D eigenvalue weighted by Gasteiger charge is -2.35. The first kappa shape index (κ1) is 20.7. The fourth-order valence-corrected chi connectivity index (χ4v) is 4.27. The number of aromatic hydroxyl groups is 1. The first-order valence-corrected chi connectivity index (χ1v) is 9.89. The maximum atomic E-state index is 14.5. The minimum Gasteiger partial charge on any atom is -0.507 e. The zero-order chi connectivity index (χ0) is 22.1. The first-order chi connectivity index (χ1) is 14.9. The number of carbonyl (C=O) groups is 2. The molecule has 2 amide bonds. The third kappa shape index (κ3) is 3.82. The molecule has 4 rings (SSSR count). The second kappa shape index (κ2) is 8.31. The van der Waals surface area contributed by atoms with Gasteiger partial charge in [0.1, 0.15) is 23.9 Å². The van der Waals surface area contributed by atoms with Crippen LogP contribution < -0.4 is 5.73 Å². The van der Waals surface area contributed by atoms with Crippen molar-refractivity contribution in [2.75, 3.05) is 0 Å². The number of carbonyl (C=O) groups excluding carboxylic acids is 2. The van der Waals surface area contributed by atoms with Gasteiger partial charge in [-0.25, -0.2) is 14.4 Å². The highest BCUT2D eigenvalue weighted by Gasteiger charge is 2.41. The molecule has 31 heavy (non-hydrogen) atoms. The van der Waals surface area contributed by atoms with E-state index in [1.165, 1.54) is 41.8 Å². The van der Waals surface area contributed by atoms with Crippen LogP contribution in [0, 0.1) is 5.82 Å². The molecule has 3 N–H and O–H groups in total. The number of benzene rings is 2. The number of hydrogen-bond acceptors (Lipinski definition) is 5. The number of phenols is 1. The molecule has 3 aromatic rings. The first-order valence-electron chi connectivity index (χ1n) is 9.51. The Balaban J connectivity index is 1.90. The van der Waals surface area contributed by atoms with Crippen LogP contribution in [0.25, 0.3) is 0 Å². The number of fused-ring (bicyclic) bond motifs is 1. The van der Waals surface area contributed by atoms with Gasteiger partial charge in [-0.3, -0.25) is 9.59 Å². The normalized spacial score (nSPS) is 15.9. The second-order valence-electron chi connectivity index (χ2n) is 7.22. The van der Waals surface area contributed by atoms with E-state index in [4.69, 9.17) is 17.3 Å². The minimum atomic E-state index is -1.24. The van der Waals surface area contributed by atoms with Crippen LogP contribution in [0.4, 0.5) is 4.39 Å². The van der Waals surface area contributed by atoms with E-state index in [0.717, 1.165) is 0 Å². The third-order valence-corrected chi connectivity index (χ3v) is 5.59. The molecule has 0 saturated carbocycles. The minimum absolute atomic E-state index is 0.0125. The van der Waals surface area contributed by atoms with Crippen LogP contribution in [0.15, 0.2) is 55.1 Å². The van der Waals surface area contributed by atoms with E-state index in [1.54, 1.807) is 18.2 Å². The lowest BCUT2D eigenvalue weighted by molar-refractivity contribution is -0.123. The highest BCUT2D eigenvalue weighted by Crippen LogP contribution is 2.43. The Hall–Kier alpha value is -3.52. The van der Waals surface area contributed by atoms with Gasteiger partial charge in [-0.05, 0) is 48.2 Å². The molecule has 1 aliphatic carbocycles. The van der Waals surface area contributed by atoms with Crippen molar-refractivity contribution in [3.05, 3.63) is 88.2 Å². The molecule has 9 heteroatoms. The molecule has 158 valence electrons. The van der Waals surface area contributed by atoms with Crippen molar-refractivity contribution in [1.82, 2.24) is 14.9 Å². The molecule has 1 aromatic heterocycles. The molecule has 0 saturated heterocycles. The number of aromatic nitrogens is 2. The molecule has 1 heterocycles. The Bertz CT molecular complexity index is 1160. The Morgan fingerprint density at radius 1 is 1.23 bits per heavy atom. The number of primary amides is 1. The number of phenolic OH excluding ortho intramolecular Hbond substituents is 1. The largest absolute Gasteiger partial charge is 0.507 e. The summed E-state index contributed by atoms with van der Waals surface area (Å²) in [7, 11) is 0. The Morgan fingerprint density at radius 2 is 1.94 bits per heavy atom. The maximum absolute atomic E-state index is 14.5. The number of halogens is 2. The molecular weight excluding hydrogens is 423 g/mol. The molecule has 0 radical (unpaired) electrons. The van der Waals surface area contributed by atoms with E-state index >= 15 is 0 Å². The fraction of sp³-hybridized carbons (Fsp3) is 0.182. The SMILES string of the molecule is NC(=O)[C@@H](c1cncnc1)N(C(=O)c1ccccc1O)[C@@H]1CCc2c(F)cc(Cl)cc21. The van der Waals surface area contributed by atoms with E-state index in [2.05, 4.69) is 9.97 Å². The summed E-state index contributed by atoms with van der Waals surface area (Å²) < 4.78 is 14.5. The van der Waals surface area contributed by atoms with Crippen LogP contribution in [0.5, 0.6) is 5.75 Å². The van der Waals surface area contributed by atoms with Gasteiger partial charge in [0.2, 0.25) is 5.91 Å². The van der Waals surface area contributed by atoms with Gasteiger partial charge < -0.3 is 15.7 Å². The van der Waals surface area contributed by atoms with E-state index in [0.29, 0.717) is 29.5 Å². The zero-order valence-electron chi connectivity index (χ0n) is 16.2. The van der Waals surface area contributed by atoms with Crippen LogP contribution >= 0.6 is 11.6 Å². The molecule has 2 atom stereocenters. The highest BCUT2D eigenvalue weighted by molar-refractivity contribution is 6.30. The summed E-state index contributed by atoms with van der Waals surface area (Å²) in [6, 6.07) is 6.84. The lowest BCUT2D eigenvalue weighted by atomic mass is 9.99. The monoisotopic (exact) mass is 440 g/mol. The summed E-state index contributed by atoms with van der Waals surface area (Å²) in [4.78, 5) is 35.3. The van der Waals surface area contributed by atoms with Crippen LogP contribution in [0.3, 0.4) is 0 Å². The molecule has 0 aliphatic heterocycles. The van der Waals surface area contributed by atoms with Crippen molar-refractivity contribution < 1.29 is 19.1 Å². The smallest absolute Gasteiger partial charge is 0.259 e. The van der Waals surface area contributed by atoms with Crippen LogP contribution in [-0.4, -0.2) is 31.8 Å². The molecule has 2 aromatic carbocycles. The van der Waals surface area contributed by atoms with Crippen LogP contribution in [0.2, 0.25) is 5.02 Å². The summed E-state index contributed by atoms with van der Waals surface area (Å²) >= 11 is 6.08. The summed E-state index contributed by atoms with van der Waals surface area (Å²) in [5, 5.41) is 10.5. The van der Waals surface area contributed by atoms with Gasteiger partial charge in [-0.2, -0.15) is 0 Å². The number of para-hydroxylation sites is 1. The van der Waals surface area contributed by atoms with E-state index in [9.17, 15) is 19.1 Å². The summed E-state index contributed by atoms with van der Waals surface area (Å²) in [6.45, 7) is 0. The van der Waals surface area contributed by atoms with E-state index in [-0.39, 0.29) is 16.3 Å². The Kier molecular flexibility index (Phi) is 5.56. The highest BCUT2D eigenvalue weighted by atomic mass is 35.5. The van der Waals surface area contributed by atoms with Crippen molar-refractivity contribution in [2.45, 2.75) is 24.9 Å². The second-order valence-corrected chi connectivity index (χ2v) is 7.65. The van der Waals surface area contributed by atoms with Crippen molar-refractivity contribution in [3.63, 3.8) is 0 Å². The average molecular weight is 441 g/mol. The van der Waals surface area contributed by atoms with Gasteiger partial charge in [0.15, 0.2) is 0 Å². The van der Waals surface area contributed by atoms with Crippen molar-refractivity contribution in [3.8, 4) is 5.75 Å². The van der Waals surface area contributed by atoms with Gasteiger partial charge in [0, 0.05) is 23.0 Å². The standard InChI is InChI=1S/C22H18ClFN4O3/c23-13-7-16-14(17(24)8-13)5-6-18(16)28(22(31)15-3-1-2-4-19(15)29)20(21(25)30)12-9-26-11-27-10-12/h1-4,7-11,18,20,29H,5-6H2,(H2,25,30)/t18-,20-/m1/s1. The maximum Gasteiger partial charge on any atom is 0.259 e. The molecule has 0 unspecified atom stereocenters. The summed E-state index contributed by atoms with van der Waals surface area (Å²) in [5.74, 6) is -2.17. The topological polar surface area (TPSA) is 109 Å². The van der Waals surface area contributed by atoms with Gasteiger partial charge in [0.25, 0.3) is 5.91 Å². The fourth-order valence-electron chi connectivity index (χ4n) is 4.06. The van der Waals surface area contributed by atoms with Gasteiger partial charge >= 0.3 is 0 Å². The molecular formula is C22H18ClFN4O3. The van der Waals surface area contributed by atoms with Crippen LogP contribution in [-0.2, 0) is 11.2 Å². The number of amides is 2. The van der Waals surface area contributed by atoms with Crippen molar-refractivity contribution in [2.24, 2.45) is 5.73 Å². The molecule has 7 nitrogen and oxygen atoms in total. The Morgan fingerprint density at radius 3 is 2.61 bits per heavy atom. The van der Waals surface area contributed by atoms with Crippen LogP contribution in [0.1, 0.15) is 45.6 Å². The summed E-state index contributed by atoms with van der Waals surface area (Å²) in [5.41, 5.74) is 6.93. The molecule has 0 bridgehead atoms. The molecule has 0 fully saturated rings. The summed E-state index contributed by atoms with van der Waals surface area (Å²) in [6.07, 6.45) is 4.77. The molecule has 1 aliphatic rings. The molecule has 0 spiro atoms. The van der Waals surface area contributed by atoms with E-state index < -0.39 is 29.7 Å².